The topological polar surface area (TPSA) is 79.9 Å². The van der Waals surface area contributed by atoms with E-state index in [9.17, 15) is 14.4 Å². The van der Waals surface area contributed by atoms with E-state index >= 15 is 0 Å². The molecule has 170 valence electrons. The lowest BCUT2D eigenvalue weighted by atomic mass is 10.2. The third-order valence-corrected chi connectivity index (χ3v) is 6.22. The van der Waals surface area contributed by atoms with E-state index in [4.69, 9.17) is 11.6 Å². The monoisotopic (exact) mass is 457 g/mol. The van der Waals surface area contributed by atoms with Gasteiger partial charge in [-0.05, 0) is 31.4 Å². The maximum absolute atomic E-state index is 13.0. The van der Waals surface area contributed by atoms with Crippen molar-refractivity contribution in [2.75, 3.05) is 24.5 Å². The van der Waals surface area contributed by atoms with Crippen molar-refractivity contribution in [3.8, 4) is 0 Å². The van der Waals surface area contributed by atoms with Crippen LogP contribution < -0.4 is 16.1 Å². The van der Waals surface area contributed by atoms with Crippen LogP contribution in [0, 0.1) is 0 Å². The SMILES string of the molecule is CCCCn1c2c(c(=O)n(CCCCN3CCN(c4ccccc4)C3=O)c1=O)CC(Cl)=N2. The molecular formula is C23H28ClN5O3. The molecule has 0 saturated carbocycles. The normalized spacial score (nSPS) is 15.4. The highest BCUT2D eigenvalue weighted by Gasteiger charge is 2.29. The van der Waals surface area contributed by atoms with Gasteiger partial charge in [0.25, 0.3) is 5.56 Å². The summed E-state index contributed by atoms with van der Waals surface area (Å²) in [6.45, 7) is 4.82. The third-order valence-electron chi connectivity index (χ3n) is 6.00. The number of aromatic nitrogens is 2. The van der Waals surface area contributed by atoms with Gasteiger partial charge in [-0.25, -0.2) is 14.6 Å². The summed E-state index contributed by atoms with van der Waals surface area (Å²) >= 11 is 6.07. The molecule has 1 aromatic heterocycles. The molecule has 0 bridgehead atoms. The van der Waals surface area contributed by atoms with Gasteiger partial charge in [0, 0.05) is 44.8 Å². The minimum Gasteiger partial charge on any atom is -0.323 e. The molecule has 0 atom stereocenters. The number of unbranched alkanes of at least 4 members (excludes halogenated alkanes) is 2. The Labute approximate surface area is 191 Å². The number of hydrogen-bond acceptors (Lipinski definition) is 4. The van der Waals surface area contributed by atoms with Gasteiger partial charge in [0.1, 0.15) is 11.0 Å². The van der Waals surface area contributed by atoms with E-state index < -0.39 is 0 Å². The van der Waals surface area contributed by atoms with Gasteiger partial charge in [0.2, 0.25) is 0 Å². The van der Waals surface area contributed by atoms with Crippen molar-refractivity contribution in [3.63, 3.8) is 0 Å². The summed E-state index contributed by atoms with van der Waals surface area (Å²) in [7, 11) is 0. The smallest absolute Gasteiger partial charge is 0.323 e. The number of urea groups is 1. The van der Waals surface area contributed by atoms with Gasteiger partial charge in [-0.15, -0.1) is 0 Å². The minimum absolute atomic E-state index is 0.000361. The number of anilines is 1. The maximum atomic E-state index is 13.0. The second-order valence-electron chi connectivity index (χ2n) is 8.18. The second-order valence-corrected chi connectivity index (χ2v) is 8.61. The molecule has 1 saturated heterocycles. The molecular weight excluding hydrogens is 430 g/mol. The summed E-state index contributed by atoms with van der Waals surface area (Å²) < 4.78 is 2.89. The van der Waals surface area contributed by atoms with Crippen molar-refractivity contribution < 1.29 is 4.79 Å². The van der Waals surface area contributed by atoms with Crippen LogP contribution in [0.3, 0.4) is 0 Å². The highest BCUT2D eigenvalue weighted by Crippen LogP contribution is 2.24. The van der Waals surface area contributed by atoms with E-state index in [1.807, 2.05) is 35.2 Å². The van der Waals surface area contributed by atoms with E-state index in [1.165, 1.54) is 4.57 Å². The molecule has 2 amide bonds. The number of halogens is 1. The molecule has 4 rings (SSSR count). The summed E-state index contributed by atoms with van der Waals surface area (Å²) in [6.07, 6.45) is 3.38. The van der Waals surface area contributed by atoms with Gasteiger partial charge >= 0.3 is 11.7 Å². The lowest BCUT2D eigenvalue weighted by molar-refractivity contribution is 0.219. The van der Waals surface area contributed by atoms with Gasteiger partial charge < -0.3 is 4.90 Å². The van der Waals surface area contributed by atoms with Crippen LogP contribution in [0.2, 0.25) is 0 Å². The van der Waals surface area contributed by atoms with Crippen molar-refractivity contribution in [3.05, 3.63) is 56.7 Å². The number of carbonyl (C=O) groups excluding carboxylic acids is 1. The van der Waals surface area contributed by atoms with E-state index in [2.05, 4.69) is 11.9 Å². The van der Waals surface area contributed by atoms with Crippen molar-refractivity contribution in [1.29, 1.82) is 0 Å². The fourth-order valence-electron chi connectivity index (χ4n) is 4.25. The molecule has 9 heteroatoms. The van der Waals surface area contributed by atoms with Crippen LogP contribution in [0.4, 0.5) is 16.3 Å². The molecule has 0 radical (unpaired) electrons. The van der Waals surface area contributed by atoms with Gasteiger partial charge in [0.15, 0.2) is 0 Å². The first-order valence-corrected chi connectivity index (χ1v) is 11.6. The van der Waals surface area contributed by atoms with Crippen molar-refractivity contribution >= 4 is 34.3 Å². The van der Waals surface area contributed by atoms with E-state index in [0.29, 0.717) is 62.1 Å². The third kappa shape index (κ3) is 4.37. The molecule has 0 N–H and O–H groups in total. The van der Waals surface area contributed by atoms with Gasteiger partial charge in [-0.2, -0.15) is 0 Å². The Morgan fingerprint density at radius 2 is 1.66 bits per heavy atom. The Morgan fingerprint density at radius 3 is 2.41 bits per heavy atom. The number of aliphatic imine (C=N–C) groups is 1. The lowest BCUT2D eigenvalue weighted by Crippen LogP contribution is -2.41. The zero-order valence-corrected chi connectivity index (χ0v) is 19.1. The average Bonchev–Trinajstić information content (AvgIpc) is 3.36. The molecule has 0 spiro atoms. The summed E-state index contributed by atoms with van der Waals surface area (Å²) in [4.78, 5) is 46.5. The quantitative estimate of drug-likeness (QED) is 0.541. The number of rotatable bonds is 9. The first-order chi connectivity index (χ1) is 15.5. The number of fused-ring (bicyclic) bond motifs is 1. The molecule has 0 aliphatic carbocycles. The molecule has 1 aromatic carbocycles. The number of carbonyl (C=O) groups is 1. The lowest BCUT2D eigenvalue weighted by Gasteiger charge is -2.19. The molecule has 2 aliphatic heterocycles. The second kappa shape index (κ2) is 9.73. The van der Waals surface area contributed by atoms with Crippen LogP contribution in [0.1, 0.15) is 38.2 Å². The van der Waals surface area contributed by atoms with Crippen LogP contribution in [0.15, 0.2) is 44.9 Å². The van der Waals surface area contributed by atoms with E-state index in [-0.39, 0.29) is 23.7 Å². The number of benzene rings is 1. The Hall–Kier alpha value is -2.87. The number of para-hydroxylation sites is 1. The molecule has 32 heavy (non-hydrogen) atoms. The van der Waals surface area contributed by atoms with Crippen LogP contribution in [0.25, 0.3) is 0 Å². The summed E-state index contributed by atoms with van der Waals surface area (Å²) in [5, 5.41) is 0.343. The molecule has 3 heterocycles. The van der Waals surface area contributed by atoms with Crippen LogP contribution in [0.5, 0.6) is 0 Å². The van der Waals surface area contributed by atoms with Crippen molar-refractivity contribution in [2.45, 2.75) is 52.1 Å². The molecule has 2 aliphatic rings. The maximum Gasteiger partial charge on any atom is 0.332 e. The minimum atomic E-state index is -0.329. The summed E-state index contributed by atoms with van der Waals surface area (Å²) in [5.74, 6) is 0.415. The Kier molecular flexibility index (Phi) is 6.79. The van der Waals surface area contributed by atoms with Gasteiger partial charge in [-0.1, -0.05) is 43.1 Å². The Morgan fingerprint density at radius 1 is 0.938 bits per heavy atom. The summed E-state index contributed by atoms with van der Waals surface area (Å²) in [6, 6.07) is 9.64. The Balaban J connectivity index is 1.40. The van der Waals surface area contributed by atoms with Crippen LogP contribution >= 0.6 is 11.6 Å². The highest BCUT2D eigenvalue weighted by atomic mass is 35.5. The van der Waals surface area contributed by atoms with Gasteiger partial charge in [0.05, 0.1) is 5.56 Å². The first-order valence-electron chi connectivity index (χ1n) is 11.2. The average molecular weight is 458 g/mol. The van der Waals surface area contributed by atoms with Crippen molar-refractivity contribution in [2.24, 2.45) is 4.99 Å². The zero-order valence-electron chi connectivity index (χ0n) is 18.3. The first kappa shape index (κ1) is 22.3. The highest BCUT2D eigenvalue weighted by molar-refractivity contribution is 6.66. The van der Waals surface area contributed by atoms with Crippen molar-refractivity contribution in [1.82, 2.24) is 14.0 Å². The number of nitrogens with zero attached hydrogens (tertiary/aromatic N) is 5. The van der Waals surface area contributed by atoms with E-state index in [1.54, 1.807) is 9.47 Å². The summed E-state index contributed by atoms with van der Waals surface area (Å²) in [5.41, 5.74) is 0.770. The van der Waals surface area contributed by atoms with Crippen LogP contribution in [-0.4, -0.2) is 44.9 Å². The Bertz CT molecular complexity index is 1140. The predicted octanol–water partition coefficient (Wildman–Crippen LogP) is 3.36. The molecule has 2 aromatic rings. The molecule has 0 unspecified atom stereocenters. The predicted molar refractivity (Wildman–Crippen MR) is 127 cm³/mol. The van der Waals surface area contributed by atoms with Gasteiger partial charge in [-0.3, -0.25) is 18.8 Å². The molecule has 8 nitrogen and oxygen atoms in total. The molecule has 1 fully saturated rings. The largest absolute Gasteiger partial charge is 0.332 e. The fourth-order valence-corrected chi connectivity index (χ4v) is 4.47. The standard InChI is InChI=1S/C23H28ClN5O3/c1-2-3-12-28-20-18(16-19(24)25-20)21(30)29(23(28)32)13-8-7-11-26-14-15-27(22(26)31)17-9-5-4-6-10-17/h4-6,9-10H,2-3,7-8,11-16H2,1H3. The van der Waals surface area contributed by atoms with Crippen LogP contribution in [-0.2, 0) is 19.5 Å². The fraction of sp³-hybridized carbons (Fsp3) is 0.478. The number of hydrogen-bond donors (Lipinski definition) is 0. The van der Waals surface area contributed by atoms with E-state index in [0.717, 1.165) is 18.5 Å². The zero-order chi connectivity index (χ0) is 22.7. The number of amides is 2.